The summed E-state index contributed by atoms with van der Waals surface area (Å²) in [7, 11) is 1.39. The summed E-state index contributed by atoms with van der Waals surface area (Å²) in [6.07, 6.45) is 0.764. The predicted molar refractivity (Wildman–Crippen MR) is 108 cm³/mol. The van der Waals surface area contributed by atoms with E-state index >= 15 is 0 Å². The number of methoxy groups -OCH3 is 1. The number of ether oxygens (including phenoxy) is 1. The van der Waals surface area contributed by atoms with Gasteiger partial charge in [0.1, 0.15) is 5.00 Å². The van der Waals surface area contributed by atoms with Gasteiger partial charge in [0.2, 0.25) is 0 Å². The summed E-state index contributed by atoms with van der Waals surface area (Å²) in [5.74, 6) is -0.346. The number of hydrogen-bond acceptors (Lipinski definition) is 4. The minimum Gasteiger partial charge on any atom is -0.465 e. The van der Waals surface area contributed by atoms with Crippen molar-refractivity contribution in [3.8, 4) is 0 Å². The molecular formula is C17H19BrN2O2S2. The van der Waals surface area contributed by atoms with E-state index in [0.717, 1.165) is 32.6 Å². The third-order valence-electron chi connectivity index (χ3n) is 3.62. The number of anilines is 2. The molecule has 0 spiro atoms. The summed E-state index contributed by atoms with van der Waals surface area (Å²) in [6.45, 7) is 6.02. The highest BCUT2D eigenvalue weighted by atomic mass is 79.9. The maximum absolute atomic E-state index is 12.1. The van der Waals surface area contributed by atoms with Crippen LogP contribution in [0.3, 0.4) is 0 Å². The molecule has 2 aromatic rings. The lowest BCUT2D eigenvalue weighted by atomic mass is 10.1. The molecule has 0 bridgehead atoms. The minimum absolute atomic E-state index is 0.346. The number of rotatable bonds is 4. The first kappa shape index (κ1) is 18.9. The standard InChI is InChI=1S/C17H19BrN2O2S2/c1-5-12-10(3)24-15(14(12)16(21)22-4)20-17(23)19-13-7-6-11(18)8-9(13)2/h6-8H,5H2,1-4H3,(H2,19,20,23). The number of thiophene rings is 1. The lowest BCUT2D eigenvalue weighted by molar-refractivity contribution is 0.0601. The van der Waals surface area contributed by atoms with Crippen molar-refractivity contribution in [3.05, 3.63) is 44.2 Å². The molecule has 0 aliphatic heterocycles. The fourth-order valence-electron chi connectivity index (χ4n) is 2.43. The van der Waals surface area contributed by atoms with Crippen LogP contribution in [0.4, 0.5) is 10.7 Å². The molecule has 1 heterocycles. The van der Waals surface area contributed by atoms with Gasteiger partial charge in [-0.05, 0) is 61.8 Å². The minimum atomic E-state index is -0.346. The van der Waals surface area contributed by atoms with Crippen LogP contribution in [-0.2, 0) is 11.2 Å². The number of hydrogen-bond donors (Lipinski definition) is 2. The average Bonchev–Trinajstić information content (AvgIpc) is 2.84. The van der Waals surface area contributed by atoms with Crippen LogP contribution in [0.15, 0.2) is 22.7 Å². The Balaban J connectivity index is 2.24. The molecule has 0 saturated carbocycles. The van der Waals surface area contributed by atoms with Gasteiger partial charge < -0.3 is 15.4 Å². The molecule has 0 fully saturated rings. The van der Waals surface area contributed by atoms with Crippen molar-refractivity contribution in [1.29, 1.82) is 0 Å². The van der Waals surface area contributed by atoms with E-state index < -0.39 is 0 Å². The van der Waals surface area contributed by atoms with Crippen LogP contribution in [-0.4, -0.2) is 18.2 Å². The monoisotopic (exact) mass is 426 g/mol. The largest absolute Gasteiger partial charge is 0.465 e. The van der Waals surface area contributed by atoms with Gasteiger partial charge in [-0.15, -0.1) is 11.3 Å². The molecule has 0 aliphatic rings. The van der Waals surface area contributed by atoms with Crippen LogP contribution in [0.5, 0.6) is 0 Å². The Morgan fingerprint density at radius 2 is 2.04 bits per heavy atom. The quantitative estimate of drug-likeness (QED) is 0.513. The van der Waals surface area contributed by atoms with Gasteiger partial charge in [0.25, 0.3) is 0 Å². The van der Waals surface area contributed by atoms with Crippen molar-refractivity contribution in [3.63, 3.8) is 0 Å². The van der Waals surface area contributed by atoms with Crippen LogP contribution >= 0.6 is 39.5 Å². The summed E-state index contributed by atoms with van der Waals surface area (Å²) >= 11 is 10.4. The maximum Gasteiger partial charge on any atom is 0.341 e. The van der Waals surface area contributed by atoms with Gasteiger partial charge in [0.15, 0.2) is 5.11 Å². The van der Waals surface area contributed by atoms with E-state index in [1.807, 2.05) is 39.0 Å². The average molecular weight is 427 g/mol. The fraction of sp³-hybridized carbons (Fsp3) is 0.294. The summed E-state index contributed by atoms with van der Waals surface area (Å²) in [6, 6.07) is 5.91. The lowest BCUT2D eigenvalue weighted by Crippen LogP contribution is -2.20. The molecule has 24 heavy (non-hydrogen) atoms. The van der Waals surface area contributed by atoms with Crippen LogP contribution in [0, 0.1) is 13.8 Å². The number of carbonyl (C=O) groups excluding carboxylic acids is 1. The Morgan fingerprint density at radius 1 is 1.33 bits per heavy atom. The van der Waals surface area contributed by atoms with E-state index in [4.69, 9.17) is 17.0 Å². The van der Waals surface area contributed by atoms with Gasteiger partial charge in [-0.2, -0.15) is 0 Å². The van der Waals surface area contributed by atoms with Crippen molar-refractivity contribution in [2.45, 2.75) is 27.2 Å². The van der Waals surface area contributed by atoms with E-state index in [9.17, 15) is 4.79 Å². The van der Waals surface area contributed by atoms with E-state index in [-0.39, 0.29) is 5.97 Å². The molecule has 0 saturated heterocycles. The van der Waals surface area contributed by atoms with Gasteiger partial charge in [-0.25, -0.2) is 4.79 Å². The molecule has 0 amide bonds. The third kappa shape index (κ3) is 4.15. The van der Waals surface area contributed by atoms with Gasteiger partial charge in [0.05, 0.1) is 12.7 Å². The first-order valence-corrected chi connectivity index (χ1v) is 9.43. The summed E-state index contributed by atoms with van der Waals surface area (Å²) in [5, 5.41) is 7.46. The Kier molecular flexibility index (Phi) is 6.37. The SMILES string of the molecule is CCc1c(C)sc(NC(=S)Nc2ccc(Br)cc2C)c1C(=O)OC. The summed E-state index contributed by atoms with van der Waals surface area (Å²) in [4.78, 5) is 13.2. The molecule has 4 nitrogen and oxygen atoms in total. The van der Waals surface area contributed by atoms with E-state index in [0.29, 0.717) is 15.7 Å². The highest BCUT2D eigenvalue weighted by Crippen LogP contribution is 2.34. The van der Waals surface area contributed by atoms with E-state index in [1.54, 1.807) is 0 Å². The number of thiocarbonyl (C=S) groups is 1. The second-order valence-corrected chi connectivity index (χ2v) is 7.77. The van der Waals surface area contributed by atoms with Crippen LogP contribution in [0.1, 0.15) is 33.3 Å². The number of esters is 1. The molecule has 2 rings (SSSR count). The van der Waals surface area contributed by atoms with Gasteiger partial charge in [0, 0.05) is 15.0 Å². The van der Waals surface area contributed by atoms with Crippen molar-refractivity contribution < 1.29 is 9.53 Å². The van der Waals surface area contributed by atoms with E-state index in [1.165, 1.54) is 18.4 Å². The molecule has 7 heteroatoms. The smallest absolute Gasteiger partial charge is 0.341 e. The lowest BCUT2D eigenvalue weighted by Gasteiger charge is -2.13. The molecule has 1 aromatic heterocycles. The van der Waals surface area contributed by atoms with Crippen LogP contribution in [0.25, 0.3) is 0 Å². The van der Waals surface area contributed by atoms with Crippen molar-refractivity contribution >= 4 is 61.3 Å². The number of aryl methyl sites for hydroxylation is 2. The predicted octanol–water partition coefficient (Wildman–Crippen LogP) is 5.29. The Bertz CT molecular complexity index is 787. The molecule has 0 aliphatic carbocycles. The second-order valence-electron chi connectivity index (χ2n) is 5.22. The molecule has 0 radical (unpaired) electrons. The van der Waals surface area contributed by atoms with E-state index in [2.05, 4.69) is 26.6 Å². The number of nitrogens with one attached hydrogen (secondary N) is 2. The number of halogens is 1. The Morgan fingerprint density at radius 3 is 2.62 bits per heavy atom. The molecule has 128 valence electrons. The molecule has 0 unspecified atom stereocenters. The third-order valence-corrected chi connectivity index (χ3v) is 5.38. The zero-order valence-electron chi connectivity index (χ0n) is 14.0. The summed E-state index contributed by atoms with van der Waals surface area (Å²) < 4.78 is 5.94. The first-order chi connectivity index (χ1) is 11.4. The normalized spacial score (nSPS) is 10.4. The first-order valence-electron chi connectivity index (χ1n) is 7.42. The van der Waals surface area contributed by atoms with Crippen LogP contribution in [0.2, 0.25) is 0 Å². The molecule has 1 aromatic carbocycles. The van der Waals surface area contributed by atoms with Crippen molar-refractivity contribution in [2.24, 2.45) is 0 Å². The molecule has 2 N–H and O–H groups in total. The zero-order valence-corrected chi connectivity index (χ0v) is 17.2. The zero-order chi connectivity index (χ0) is 17.9. The van der Waals surface area contributed by atoms with Gasteiger partial charge in [-0.1, -0.05) is 22.9 Å². The summed E-state index contributed by atoms with van der Waals surface area (Å²) in [5.41, 5.74) is 3.55. The van der Waals surface area contributed by atoms with Gasteiger partial charge >= 0.3 is 5.97 Å². The fourth-order valence-corrected chi connectivity index (χ4v) is 4.32. The van der Waals surface area contributed by atoms with Crippen LogP contribution < -0.4 is 10.6 Å². The number of carbonyl (C=O) groups is 1. The van der Waals surface area contributed by atoms with Crippen molar-refractivity contribution in [1.82, 2.24) is 0 Å². The Hall–Kier alpha value is -1.44. The molecular weight excluding hydrogens is 408 g/mol. The maximum atomic E-state index is 12.1. The number of benzene rings is 1. The highest BCUT2D eigenvalue weighted by molar-refractivity contribution is 9.10. The molecule has 0 atom stereocenters. The topological polar surface area (TPSA) is 50.4 Å². The van der Waals surface area contributed by atoms with Gasteiger partial charge in [-0.3, -0.25) is 0 Å². The van der Waals surface area contributed by atoms with Crippen molar-refractivity contribution in [2.75, 3.05) is 17.7 Å². The second kappa shape index (κ2) is 8.09. The Labute approximate surface area is 159 Å². The highest BCUT2D eigenvalue weighted by Gasteiger charge is 2.22.